The standard InChI is InChI=1S/C19H21N5O2S/c1-23(2)18(25)16(13-7-5-4-6-8-13)27-19-22-21-17(24(19)20)14-9-11-15(26-3)12-10-14/h4-12,16H,20H2,1-3H3. The van der Waals surface area contributed by atoms with Gasteiger partial charge in [-0.2, -0.15) is 0 Å². The van der Waals surface area contributed by atoms with Gasteiger partial charge in [-0.05, 0) is 29.8 Å². The number of ether oxygens (including phenoxy) is 1. The molecule has 27 heavy (non-hydrogen) atoms. The molecule has 0 spiro atoms. The molecule has 0 aliphatic carbocycles. The fourth-order valence-corrected chi connectivity index (χ4v) is 3.63. The Labute approximate surface area is 162 Å². The van der Waals surface area contributed by atoms with Gasteiger partial charge < -0.3 is 15.5 Å². The van der Waals surface area contributed by atoms with Crippen molar-refractivity contribution in [2.75, 3.05) is 27.0 Å². The molecule has 0 bridgehead atoms. The summed E-state index contributed by atoms with van der Waals surface area (Å²) >= 11 is 1.28. The van der Waals surface area contributed by atoms with Crippen LogP contribution in [0.5, 0.6) is 5.75 Å². The molecule has 1 aromatic heterocycles. The van der Waals surface area contributed by atoms with Crippen LogP contribution in [0.15, 0.2) is 59.8 Å². The SMILES string of the molecule is COc1ccc(-c2nnc(SC(C(=O)N(C)C)c3ccccc3)n2N)cc1. The van der Waals surface area contributed by atoms with Crippen LogP contribution >= 0.6 is 11.8 Å². The smallest absolute Gasteiger partial charge is 0.240 e. The molecule has 7 nitrogen and oxygen atoms in total. The van der Waals surface area contributed by atoms with Gasteiger partial charge in [0, 0.05) is 19.7 Å². The Bertz CT molecular complexity index is 910. The molecule has 3 rings (SSSR count). The molecule has 140 valence electrons. The van der Waals surface area contributed by atoms with Crippen molar-refractivity contribution in [1.29, 1.82) is 0 Å². The van der Waals surface area contributed by atoms with Crippen LogP contribution < -0.4 is 10.6 Å². The maximum Gasteiger partial charge on any atom is 0.240 e. The first kappa shape index (κ1) is 18.8. The highest BCUT2D eigenvalue weighted by Gasteiger charge is 2.26. The summed E-state index contributed by atoms with van der Waals surface area (Å²) in [6.07, 6.45) is 0. The van der Waals surface area contributed by atoms with Crippen molar-refractivity contribution in [2.24, 2.45) is 0 Å². The molecule has 2 aromatic carbocycles. The quantitative estimate of drug-likeness (QED) is 0.520. The molecule has 1 unspecified atom stereocenters. The summed E-state index contributed by atoms with van der Waals surface area (Å²) in [6.45, 7) is 0. The fraction of sp³-hybridized carbons (Fsp3) is 0.211. The molecule has 8 heteroatoms. The number of nitrogens with two attached hydrogens (primary N) is 1. The van der Waals surface area contributed by atoms with Crippen LogP contribution in [0.2, 0.25) is 0 Å². The Morgan fingerprint density at radius 2 is 1.78 bits per heavy atom. The van der Waals surface area contributed by atoms with E-state index in [4.69, 9.17) is 10.6 Å². The number of carbonyl (C=O) groups is 1. The van der Waals surface area contributed by atoms with E-state index in [1.54, 1.807) is 26.1 Å². The van der Waals surface area contributed by atoms with E-state index in [9.17, 15) is 4.79 Å². The van der Waals surface area contributed by atoms with Crippen LogP contribution in [0.25, 0.3) is 11.4 Å². The molecule has 3 aromatic rings. The number of nitrogen functional groups attached to an aromatic ring is 1. The first-order valence-electron chi connectivity index (χ1n) is 8.29. The highest BCUT2D eigenvalue weighted by molar-refractivity contribution is 8.00. The number of amides is 1. The van der Waals surface area contributed by atoms with Crippen molar-refractivity contribution in [1.82, 2.24) is 19.8 Å². The van der Waals surface area contributed by atoms with E-state index in [0.29, 0.717) is 11.0 Å². The van der Waals surface area contributed by atoms with Crippen LogP contribution in [0.4, 0.5) is 0 Å². The lowest BCUT2D eigenvalue weighted by Gasteiger charge is -2.20. The number of carbonyl (C=O) groups excluding carboxylic acids is 1. The predicted molar refractivity (Wildman–Crippen MR) is 106 cm³/mol. The summed E-state index contributed by atoms with van der Waals surface area (Å²) in [7, 11) is 5.07. The van der Waals surface area contributed by atoms with Gasteiger partial charge in [-0.3, -0.25) is 4.79 Å². The monoisotopic (exact) mass is 383 g/mol. The van der Waals surface area contributed by atoms with Crippen LogP contribution in [-0.4, -0.2) is 46.9 Å². The number of nitrogens with zero attached hydrogens (tertiary/aromatic N) is 4. The van der Waals surface area contributed by atoms with Crippen LogP contribution in [0.3, 0.4) is 0 Å². The van der Waals surface area contributed by atoms with E-state index in [1.807, 2.05) is 54.6 Å². The van der Waals surface area contributed by atoms with Gasteiger partial charge in [0.25, 0.3) is 0 Å². The second-order valence-electron chi connectivity index (χ2n) is 6.05. The average Bonchev–Trinajstić information content (AvgIpc) is 3.06. The largest absolute Gasteiger partial charge is 0.497 e. The van der Waals surface area contributed by atoms with Gasteiger partial charge in [-0.25, -0.2) is 4.68 Å². The summed E-state index contributed by atoms with van der Waals surface area (Å²) in [6, 6.07) is 16.9. The lowest BCUT2D eigenvalue weighted by molar-refractivity contribution is -0.128. The van der Waals surface area contributed by atoms with Crippen LogP contribution in [0, 0.1) is 0 Å². The van der Waals surface area contributed by atoms with Crippen molar-refractivity contribution in [3.05, 3.63) is 60.2 Å². The topological polar surface area (TPSA) is 86.3 Å². The number of thioether (sulfide) groups is 1. The van der Waals surface area contributed by atoms with E-state index in [2.05, 4.69) is 10.2 Å². The third kappa shape index (κ3) is 4.06. The number of rotatable bonds is 6. The Morgan fingerprint density at radius 1 is 1.11 bits per heavy atom. The molecule has 0 saturated heterocycles. The molecular weight excluding hydrogens is 362 g/mol. The van der Waals surface area contributed by atoms with Gasteiger partial charge in [0.15, 0.2) is 5.82 Å². The maximum absolute atomic E-state index is 12.7. The number of benzene rings is 2. The van der Waals surface area contributed by atoms with Gasteiger partial charge in [0.2, 0.25) is 11.1 Å². The van der Waals surface area contributed by atoms with E-state index < -0.39 is 5.25 Å². The molecule has 2 N–H and O–H groups in total. The highest BCUT2D eigenvalue weighted by Crippen LogP contribution is 2.36. The molecule has 0 radical (unpaired) electrons. The number of hydrogen-bond donors (Lipinski definition) is 1. The van der Waals surface area contributed by atoms with Crippen molar-refractivity contribution in [3.8, 4) is 17.1 Å². The van der Waals surface area contributed by atoms with Crippen molar-refractivity contribution in [3.63, 3.8) is 0 Å². The maximum atomic E-state index is 12.7. The minimum absolute atomic E-state index is 0.0415. The van der Waals surface area contributed by atoms with Gasteiger partial charge in [0.1, 0.15) is 11.0 Å². The van der Waals surface area contributed by atoms with Gasteiger partial charge >= 0.3 is 0 Å². The van der Waals surface area contributed by atoms with E-state index in [0.717, 1.165) is 16.9 Å². The Balaban J connectivity index is 1.91. The summed E-state index contributed by atoms with van der Waals surface area (Å²) < 4.78 is 6.58. The molecule has 1 amide bonds. The third-order valence-corrected chi connectivity index (χ3v) is 5.20. The van der Waals surface area contributed by atoms with E-state index in [-0.39, 0.29) is 5.91 Å². The number of aromatic nitrogens is 3. The third-order valence-electron chi connectivity index (χ3n) is 4.00. The zero-order valence-corrected chi connectivity index (χ0v) is 16.2. The molecule has 1 atom stereocenters. The lowest BCUT2D eigenvalue weighted by atomic mass is 10.1. The van der Waals surface area contributed by atoms with Crippen LogP contribution in [-0.2, 0) is 4.79 Å². The first-order valence-corrected chi connectivity index (χ1v) is 9.17. The normalized spacial score (nSPS) is 11.8. The van der Waals surface area contributed by atoms with E-state index in [1.165, 1.54) is 16.4 Å². The minimum atomic E-state index is -0.462. The van der Waals surface area contributed by atoms with Gasteiger partial charge in [-0.15, -0.1) is 10.2 Å². The molecule has 1 heterocycles. The van der Waals surface area contributed by atoms with Crippen LogP contribution in [0.1, 0.15) is 10.8 Å². The number of likely N-dealkylation sites (N-methyl/N-ethyl adjacent to an activating group) is 1. The summed E-state index contributed by atoms with van der Waals surface area (Å²) in [5.74, 6) is 7.45. The number of methoxy groups -OCH3 is 1. The first-order chi connectivity index (χ1) is 13.0. The van der Waals surface area contributed by atoms with Gasteiger partial charge in [-0.1, -0.05) is 42.1 Å². The fourth-order valence-electron chi connectivity index (χ4n) is 2.52. The molecule has 0 fully saturated rings. The van der Waals surface area contributed by atoms with Crippen molar-refractivity contribution >= 4 is 17.7 Å². The molecule has 0 saturated carbocycles. The predicted octanol–water partition coefficient (Wildman–Crippen LogP) is 2.59. The lowest BCUT2D eigenvalue weighted by Crippen LogP contribution is -2.27. The minimum Gasteiger partial charge on any atom is -0.497 e. The van der Waals surface area contributed by atoms with Crippen molar-refractivity contribution in [2.45, 2.75) is 10.4 Å². The summed E-state index contributed by atoms with van der Waals surface area (Å²) in [5.41, 5.74) is 1.70. The average molecular weight is 383 g/mol. The number of hydrogen-bond acceptors (Lipinski definition) is 6. The zero-order valence-electron chi connectivity index (χ0n) is 15.4. The highest BCUT2D eigenvalue weighted by atomic mass is 32.2. The Hall–Kier alpha value is -3.00. The zero-order chi connectivity index (χ0) is 19.4. The molecular formula is C19H21N5O2S. The molecule has 0 aliphatic heterocycles. The summed E-state index contributed by atoms with van der Waals surface area (Å²) in [4.78, 5) is 14.3. The second-order valence-corrected chi connectivity index (χ2v) is 7.12. The van der Waals surface area contributed by atoms with Crippen molar-refractivity contribution < 1.29 is 9.53 Å². The van der Waals surface area contributed by atoms with Gasteiger partial charge in [0.05, 0.1) is 7.11 Å². The molecule has 0 aliphatic rings. The van der Waals surface area contributed by atoms with E-state index >= 15 is 0 Å². The second kappa shape index (κ2) is 8.13. The Morgan fingerprint density at radius 3 is 2.37 bits per heavy atom. The summed E-state index contributed by atoms with van der Waals surface area (Å²) in [5, 5.41) is 8.39. The Kier molecular flexibility index (Phi) is 5.66.